The molecule has 0 spiro atoms. The minimum atomic E-state index is -1.00. The summed E-state index contributed by atoms with van der Waals surface area (Å²) in [5.74, 6) is 1.16. The number of fused-ring (bicyclic) bond motifs is 1. The summed E-state index contributed by atoms with van der Waals surface area (Å²) in [5, 5.41) is 19.3. The van der Waals surface area contributed by atoms with Crippen molar-refractivity contribution in [1.29, 1.82) is 0 Å². The van der Waals surface area contributed by atoms with E-state index in [1.165, 1.54) is 0 Å². The van der Waals surface area contributed by atoms with Crippen molar-refractivity contribution in [2.45, 2.75) is 45.0 Å². The molecule has 1 aromatic heterocycles. The van der Waals surface area contributed by atoms with E-state index in [2.05, 4.69) is 0 Å². The molecule has 1 aromatic rings. The summed E-state index contributed by atoms with van der Waals surface area (Å²) >= 11 is 0. The Kier molecular flexibility index (Phi) is 2.81. The molecular weight excluding hydrogens is 248 g/mol. The summed E-state index contributed by atoms with van der Waals surface area (Å²) in [6, 6.07) is 1.65. The predicted octanol–water partition coefficient (Wildman–Crippen LogP) is 1.23. The van der Waals surface area contributed by atoms with Gasteiger partial charge in [0.05, 0.1) is 12.2 Å². The molecular formula is C14H18O5. The summed E-state index contributed by atoms with van der Waals surface area (Å²) in [7, 11) is 0. The van der Waals surface area contributed by atoms with Crippen LogP contribution in [0.5, 0.6) is 0 Å². The zero-order valence-corrected chi connectivity index (χ0v) is 11.0. The first-order valence-electron chi connectivity index (χ1n) is 6.51. The van der Waals surface area contributed by atoms with Gasteiger partial charge in [0.1, 0.15) is 29.8 Å². The second-order valence-electron chi connectivity index (χ2n) is 6.24. The Morgan fingerprint density at radius 2 is 2.05 bits per heavy atom. The number of carbonyl (C=O) groups is 1. The van der Waals surface area contributed by atoms with Crippen molar-refractivity contribution < 1.29 is 24.2 Å². The fourth-order valence-electron chi connectivity index (χ4n) is 2.84. The van der Waals surface area contributed by atoms with E-state index in [0.717, 1.165) is 0 Å². The number of ether oxygens (including phenoxy) is 1. The summed E-state index contributed by atoms with van der Waals surface area (Å²) in [6.45, 7) is 4.14. The van der Waals surface area contributed by atoms with Gasteiger partial charge in [-0.05, 0) is 11.5 Å². The number of rotatable bonds is 1. The maximum atomic E-state index is 12.1. The molecule has 1 aliphatic heterocycles. The molecule has 5 heteroatoms. The second-order valence-corrected chi connectivity index (χ2v) is 6.24. The van der Waals surface area contributed by atoms with Crippen LogP contribution in [0.15, 0.2) is 10.5 Å². The van der Waals surface area contributed by atoms with Gasteiger partial charge < -0.3 is 19.4 Å². The molecule has 0 saturated carbocycles. The number of hydrogen-bond donors (Lipinski definition) is 2. The molecule has 1 saturated heterocycles. The summed E-state index contributed by atoms with van der Waals surface area (Å²) < 4.78 is 11.0. The maximum Gasteiger partial charge on any atom is 0.166 e. The van der Waals surface area contributed by atoms with E-state index in [4.69, 9.17) is 9.15 Å². The van der Waals surface area contributed by atoms with Gasteiger partial charge in [0.15, 0.2) is 5.78 Å². The number of carbonyl (C=O) groups excluding carboxylic acids is 1. The number of furan rings is 1. The number of Topliss-reactive ketones (excluding diaryl/α,β-unsaturated/α-hetero) is 1. The van der Waals surface area contributed by atoms with Gasteiger partial charge in [-0.15, -0.1) is 0 Å². The molecule has 1 aliphatic carbocycles. The van der Waals surface area contributed by atoms with Gasteiger partial charge >= 0.3 is 0 Å². The van der Waals surface area contributed by atoms with Crippen LogP contribution in [-0.4, -0.2) is 34.8 Å². The molecule has 2 N–H and O–H groups in total. The van der Waals surface area contributed by atoms with E-state index in [1.807, 2.05) is 13.8 Å². The molecule has 3 atom stereocenters. The van der Waals surface area contributed by atoms with Crippen LogP contribution >= 0.6 is 0 Å². The van der Waals surface area contributed by atoms with Crippen molar-refractivity contribution in [1.82, 2.24) is 0 Å². The Morgan fingerprint density at radius 1 is 1.32 bits per heavy atom. The largest absolute Gasteiger partial charge is 0.462 e. The Hall–Kier alpha value is -1.17. The van der Waals surface area contributed by atoms with Gasteiger partial charge in [-0.2, -0.15) is 0 Å². The molecule has 0 bridgehead atoms. The first-order chi connectivity index (χ1) is 8.87. The zero-order chi connectivity index (χ0) is 13.8. The number of ketones is 1. The van der Waals surface area contributed by atoms with E-state index in [0.29, 0.717) is 29.9 Å². The van der Waals surface area contributed by atoms with E-state index in [-0.39, 0.29) is 17.8 Å². The van der Waals surface area contributed by atoms with Crippen molar-refractivity contribution in [2.24, 2.45) is 5.41 Å². The quantitative estimate of drug-likeness (QED) is 0.799. The van der Waals surface area contributed by atoms with Crippen LogP contribution in [0.1, 0.15) is 48.3 Å². The molecule has 0 unspecified atom stereocenters. The van der Waals surface area contributed by atoms with Gasteiger partial charge in [-0.25, -0.2) is 0 Å². The lowest BCUT2D eigenvalue weighted by Crippen LogP contribution is -2.25. The molecule has 104 valence electrons. The van der Waals surface area contributed by atoms with E-state index in [1.54, 1.807) is 6.07 Å². The van der Waals surface area contributed by atoms with E-state index >= 15 is 0 Å². The van der Waals surface area contributed by atoms with Gasteiger partial charge in [0, 0.05) is 12.8 Å². The third-order valence-corrected chi connectivity index (χ3v) is 3.84. The predicted molar refractivity (Wildman–Crippen MR) is 65.8 cm³/mol. The van der Waals surface area contributed by atoms with Crippen molar-refractivity contribution in [3.63, 3.8) is 0 Å². The zero-order valence-electron chi connectivity index (χ0n) is 11.0. The summed E-state index contributed by atoms with van der Waals surface area (Å²) in [5.41, 5.74) is 0.486. The normalized spacial score (nSPS) is 33.5. The van der Waals surface area contributed by atoms with Gasteiger partial charge in [0.25, 0.3) is 0 Å². The first-order valence-corrected chi connectivity index (χ1v) is 6.51. The molecule has 0 aromatic carbocycles. The highest BCUT2D eigenvalue weighted by atomic mass is 16.5. The topological polar surface area (TPSA) is 79.9 Å². The van der Waals surface area contributed by atoms with Gasteiger partial charge in [-0.1, -0.05) is 13.8 Å². The van der Waals surface area contributed by atoms with Crippen LogP contribution in [0.25, 0.3) is 0 Å². The molecule has 2 heterocycles. The van der Waals surface area contributed by atoms with E-state index in [9.17, 15) is 15.0 Å². The molecule has 2 aliphatic rings. The molecule has 19 heavy (non-hydrogen) atoms. The minimum Gasteiger partial charge on any atom is -0.462 e. The average molecular weight is 266 g/mol. The van der Waals surface area contributed by atoms with Crippen LogP contribution in [0, 0.1) is 5.41 Å². The third-order valence-electron chi connectivity index (χ3n) is 3.84. The van der Waals surface area contributed by atoms with Crippen molar-refractivity contribution in [3.05, 3.63) is 23.2 Å². The van der Waals surface area contributed by atoms with Crippen molar-refractivity contribution in [2.75, 3.05) is 6.61 Å². The van der Waals surface area contributed by atoms with Crippen LogP contribution in [-0.2, 0) is 11.2 Å². The number of aliphatic hydroxyl groups is 2. The smallest absolute Gasteiger partial charge is 0.166 e. The second kappa shape index (κ2) is 4.16. The Bertz CT molecular complexity index is 516. The summed E-state index contributed by atoms with van der Waals surface area (Å²) in [6.07, 6.45) is -1.40. The molecule has 1 fully saturated rings. The lowest BCUT2D eigenvalue weighted by Gasteiger charge is -2.26. The highest BCUT2D eigenvalue weighted by molar-refractivity contribution is 5.98. The lowest BCUT2D eigenvalue weighted by atomic mass is 9.76. The van der Waals surface area contributed by atoms with Crippen molar-refractivity contribution >= 4 is 5.78 Å². The first kappa shape index (κ1) is 12.8. The summed E-state index contributed by atoms with van der Waals surface area (Å²) in [4.78, 5) is 12.1. The Morgan fingerprint density at radius 3 is 2.68 bits per heavy atom. The van der Waals surface area contributed by atoms with Gasteiger partial charge in [0.2, 0.25) is 0 Å². The highest BCUT2D eigenvalue weighted by Gasteiger charge is 2.40. The fourth-order valence-corrected chi connectivity index (χ4v) is 2.84. The molecule has 0 radical (unpaired) electrons. The molecule has 5 nitrogen and oxygen atoms in total. The van der Waals surface area contributed by atoms with E-state index < -0.39 is 18.3 Å². The Labute approximate surface area is 111 Å². The number of aliphatic hydroxyl groups excluding tert-OH is 2. The highest BCUT2D eigenvalue weighted by Crippen LogP contribution is 2.39. The van der Waals surface area contributed by atoms with Crippen molar-refractivity contribution in [3.8, 4) is 0 Å². The van der Waals surface area contributed by atoms with Crippen LogP contribution in [0.2, 0.25) is 0 Å². The molecule has 3 rings (SSSR count). The van der Waals surface area contributed by atoms with Crippen LogP contribution < -0.4 is 0 Å². The molecule has 0 amide bonds. The average Bonchev–Trinajstić information content (AvgIpc) is 2.83. The van der Waals surface area contributed by atoms with Crippen LogP contribution in [0.4, 0.5) is 0 Å². The number of hydrogen-bond acceptors (Lipinski definition) is 5. The fraction of sp³-hybridized carbons (Fsp3) is 0.643. The van der Waals surface area contributed by atoms with Gasteiger partial charge in [-0.3, -0.25) is 4.79 Å². The Balaban J connectivity index is 1.93. The monoisotopic (exact) mass is 266 g/mol. The third kappa shape index (κ3) is 2.12. The van der Waals surface area contributed by atoms with Crippen LogP contribution in [0.3, 0.4) is 0 Å². The minimum absolute atomic E-state index is 0.0642. The maximum absolute atomic E-state index is 12.1. The SMILES string of the molecule is CC1(C)CC(=O)c2cc([C@@H]3OC[C@@H](O)[C@H]3O)oc2C1. The lowest BCUT2D eigenvalue weighted by molar-refractivity contribution is 0.0113. The standard InChI is InChI=1S/C14H18O5/c1-14(2)4-8(15)7-3-10(19-11(7)5-14)13-12(17)9(16)6-18-13/h3,9,12-13,16-17H,4-6H2,1-2H3/t9-,12-,13+/m1/s1.